The Bertz CT molecular complexity index is 609. The number of hydrogen-bond acceptors (Lipinski definition) is 3. The van der Waals surface area contributed by atoms with Gasteiger partial charge in [-0.3, -0.25) is 4.98 Å². The molecule has 3 aromatic heterocycles. The summed E-state index contributed by atoms with van der Waals surface area (Å²) in [5.41, 5.74) is 3.66. The molecule has 0 atom stereocenters. The molecule has 0 bridgehead atoms. The number of hydrogen-bond donors (Lipinski definition) is 1. The topological polar surface area (TPSA) is 54.5 Å². The second kappa shape index (κ2) is 3.41. The van der Waals surface area contributed by atoms with Crippen LogP contribution in [0.4, 0.5) is 0 Å². The van der Waals surface area contributed by atoms with Crippen molar-refractivity contribution in [2.45, 2.75) is 6.92 Å². The van der Waals surface area contributed by atoms with Gasteiger partial charge in [-0.2, -0.15) is 0 Å². The smallest absolute Gasteiger partial charge is 0.178 e. The second-order valence-electron chi connectivity index (χ2n) is 3.60. The van der Waals surface area contributed by atoms with E-state index in [0.717, 1.165) is 28.2 Å². The van der Waals surface area contributed by atoms with Crippen LogP contribution >= 0.6 is 0 Å². The molecule has 0 saturated carbocycles. The number of nitrogens with one attached hydrogen (secondary N) is 1. The number of nitrogens with zero attached hydrogens (tertiary/aromatic N) is 3. The van der Waals surface area contributed by atoms with Gasteiger partial charge in [-0.15, -0.1) is 0 Å². The molecule has 0 aliphatic carbocycles. The molecule has 4 nitrogen and oxygen atoms in total. The summed E-state index contributed by atoms with van der Waals surface area (Å²) in [6.07, 6.45) is 3.52. The van der Waals surface area contributed by atoms with Crippen molar-refractivity contribution in [3.8, 4) is 11.4 Å². The maximum Gasteiger partial charge on any atom is 0.178 e. The van der Waals surface area contributed by atoms with Gasteiger partial charge in [0.15, 0.2) is 5.65 Å². The van der Waals surface area contributed by atoms with Crippen LogP contribution < -0.4 is 0 Å². The van der Waals surface area contributed by atoms with Crippen molar-refractivity contribution in [3.05, 3.63) is 42.4 Å². The highest BCUT2D eigenvalue weighted by Crippen LogP contribution is 2.20. The fourth-order valence-corrected chi connectivity index (χ4v) is 1.71. The van der Waals surface area contributed by atoms with Gasteiger partial charge in [-0.1, -0.05) is 0 Å². The normalized spacial score (nSPS) is 10.8. The number of pyridine rings is 2. The Morgan fingerprint density at radius 3 is 2.69 bits per heavy atom. The maximum absolute atomic E-state index is 4.44. The molecule has 3 rings (SSSR count). The highest BCUT2D eigenvalue weighted by atomic mass is 15.0. The third kappa shape index (κ3) is 1.35. The first kappa shape index (κ1) is 9.03. The number of imidazole rings is 1. The number of fused-ring (bicyclic) bond motifs is 1. The van der Waals surface area contributed by atoms with Gasteiger partial charge in [-0.25, -0.2) is 9.97 Å². The van der Waals surface area contributed by atoms with Gasteiger partial charge in [0, 0.05) is 23.7 Å². The van der Waals surface area contributed by atoms with Crippen molar-refractivity contribution >= 4 is 11.2 Å². The molecule has 0 fully saturated rings. The molecule has 0 aliphatic rings. The number of aryl methyl sites for hydroxylation is 1. The van der Waals surface area contributed by atoms with E-state index in [-0.39, 0.29) is 0 Å². The summed E-state index contributed by atoms with van der Waals surface area (Å²) < 4.78 is 0. The number of rotatable bonds is 1. The largest absolute Gasteiger partial charge is 0.337 e. The van der Waals surface area contributed by atoms with E-state index in [1.54, 1.807) is 12.4 Å². The summed E-state index contributed by atoms with van der Waals surface area (Å²) in [5.74, 6) is 0.819. The Balaban J connectivity index is 2.23. The van der Waals surface area contributed by atoms with Crippen molar-refractivity contribution in [2.75, 3.05) is 0 Å². The highest BCUT2D eigenvalue weighted by molar-refractivity contribution is 5.75. The van der Waals surface area contributed by atoms with Gasteiger partial charge in [0.05, 0.1) is 5.52 Å². The van der Waals surface area contributed by atoms with Crippen LogP contribution in [0, 0.1) is 6.92 Å². The summed E-state index contributed by atoms with van der Waals surface area (Å²) in [5, 5.41) is 0. The summed E-state index contributed by atoms with van der Waals surface area (Å²) in [4.78, 5) is 16.1. The van der Waals surface area contributed by atoms with E-state index in [0.29, 0.717) is 0 Å². The van der Waals surface area contributed by atoms with Crippen LogP contribution in [0.5, 0.6) is 0 Å². The zero-order chi connectivity index (χ0) is 11.0. The quantitative estimate of drug-likeness (QED) is 0.670. The lowest BCUT2D eigenvalue weighted by Crippen LogP contribution is -1.87. The lowest BCUT2D eigenvalue weighted by Gasteiger charge is -1.98. The monoisotopic (exact) mass is 210 g/mol. The molecule has 3 heterocycles. The lowest BCUT2D eigenvalue weighted by atomic mass is 10.2. The second-order valence-corrected chi connectivity index (χ2v) is 3.60. The number of H-pyrrole nitrogens is 1. The van der Waals surface area contributed by atoms with Gasteiger partial charge >= 0.3 is 0 Å². The van der Waals surface area contributed by atoms with Crippen LogP contribution in [0.25, 0.3) is 22.6 Å². The van der Waals surface area contributed by atoms with E-state index >= 15 is 0 Å². The molecule has 0 aliphatic heterocycles. The summed E-state index contributed by atoms with van der Waals surface area (Å²) in [6, 6.07) is 7.76. The van der Waals surface area contributed by atoms with E-state index in [4.69, 9.17) is 0 Å². The van der Waals surface area contributed by atoms with E-state index in [1.165, 1.54) is 0 Å². The van der Waals surface area contributed by atoms with Gasteiger partial charge in [0.25, 0.3) is 0 Å². The van der Waals surface area contributed by atoms with Crippen LogP contribution in [0.2, 0.25) is 0 Å². The van der Waals surface area contributed by atoms with Crippen LogP contribution in [0.15, 0.2) is 36.7 Å². The Labute approximate surface area is 92.4 Å². The SMILES string of the molecule is Cc1ncccc1-c1nc2ncccc2[nH]1. The minimum absolute atomic E-state index is 0.737. The van der Waals surface area contributed by atoms with E-state index in [1.807, 2.05) is 31.2 Å². The van der Waals surface area contributed by atoms with Crippen LogP contribution in [-0.2, 0) is 0 Å². The predicted molar refractivity (Wildman–Crippen MR) is 61.9 cm³/mol. The Morgan fingerprint density at radius 1 is 1.06 bits per heavy atom. The van der Waals surface area contributed by atoms with Crippen LogP contribution in [-0.4, -0.2) is 19.9 Å². The van der Waals surface area contributed by atoms with Gasteiger partial charge in [0.1, 0.15) is 5.82 Å². The standard InChI is InChI=1S/C12H10N4/c1-8-9(4-2-6-13-8)11-15-10-5-3-7-14-12(10)16-11/h2-7H,1H3,(H,14,15,16). The molecule has 3 aromatic rings. The molecule has 0 spiro atoms. The van der Waals surface area contributed by atoms with Crippen molar-refractivity contribution in [1.29, 1.82) is 0 Å². The molecule has 78 valence electrons. The Hall–Kier alpha value is -2.23. The van der Waals surface area contributed by atoms with Gasteiger partial charge < -0.3 is 4.98 Å². The average molecular weight is 210 g/mol. The fraction of sp³-hybridized carbons (Fsp3) is 0.0833. The zero-order valence-corrected chi connectivity index (χ0v) is 8.81. The van der Waals surface area contributed by atoms with E-state index in [9.17, 15) is 0 Å². The molecule has 0 saturated heterocycles. The maximum atomic E-state index is 4.44. The minimum Gasteiger partial charge on any atom is -0.337 e. The summed E-state index contributed by atoms with van der Waals surface area (Å²) >= 11 is 0. The third-order valence-electron chi connectivity index (χ3n) is 2.52. The van der Waals surface area contributed by atoms with Crippen LogP contribution in [0.1, 0.15) is 5.69 Å². The summed E-state index contributed by atoms with van der Waals surface area (Å²) in [7, 11) is 0. The molecule has 0 amide bonds. The fourth-order valence-electron chi connectivity index (χ4n) is 1.71. The van der Waals surface area contributed by atoms with Crippen molar-refractivity contribution in [3.63, 3.8) is 0 Å². The van der Waals surface area contributed by atoms with E-state index in [2.05, 4.69) is 19.9 Å². The number of aromatic amines is 1. The molecule has 0 radical (unpaired) electrons. The highest BCUT2D eigenvalue weighted by Gasteiger charge is 2.07. The lowest BCUT2D eigenvalue weighted by molar-refractivity contribution is 1.18. The average Bonchev–Trinajstić information content (AvgIpc) is 2.73. The third-order valence-corrected chi connectivity index (χ3v) is 2.52. The molecule has 1 N–H and O–H groups in total. The summed E-state index contributed by atoms with van der Waals surface area (Å²) in [6.45, 7) is 1.97. The Kier molecular flexibility index (Phi) is 1.93. The first-order valence-corrected chi connectivity index (χ1v) is 5.07. The van der Waals surface area contributed by atoms with Crippen molar-refractivity contribution in [1.82, 2.24) is 19.9 Å². The van der Waals surface area contributed by atoms with Gasteiger partial charge in [-0.05, 0) is 31.2 Å². The molecule has 4 heteroatoms. The van der Waals surface area contributed by atoms with Crippen molar-refractivity contribution < 1.29 is 0 Å². The zero-order valence-electron chi connectivity index (χ0n) is 8.81. The molecular formula is C12H10N4. The van der Waals surface area contributed by atoms with Crippen molar-refractivity contribution in [2.24, 2.45) is 0 Å². The number of aromatic nitrogens is 4. The molecular weight excluding hydrogens is 200 g/mol. The first-order chi connectivity index (χ1) is 7.84. The predicted octanol–water partition coefficient (Wildman–Crippen LogP) is 2.33. The molecule has 16 heavy (non-hydrogen) atoms. The van der Waals surface area contributed by atoms with Gasteiger partial charge in [0.2, 0.25) is 0 Å². The first-order valence-electron chi connectivity index (χ1n) is 5.07. The van der Waals surface area contributed by atoms with E-state index < -0.39 is 0 Å². The minimum atomic E-state index is 0.737. The Morgan fingerprint density at radius 2 is 1.88 bits per heavy atom. The molecule has 0 aromatic carbocycles. The molecule has 0 unspecified atom stereocenters. The van der Waals surface area contributed by atoms with Crippen LogP contribution in [0.3, 0.4) is 0 Å².